The molecule has 5 fully saturated rings. The minimum absolute atomic E-state index is 0.584. The maximum atomic E-state index is 3.96. The van der Waals surface area contributed by atoms with E-state index in [1.165, 1.54) is 32.2 Å². The lowest BCUT2D eigenvalue weighted by atomic mass is 9.42. The summed E-state index contributed by atoms with van der Waals surface area (Å²) < 4.78 is 0. The molecule has 1 heteroatoms. The molecule has 1 heterocycles. The fourth-order valence-electron chi connectivity index (χ4n) is 6.15. The third-order valence-corrected chi connectivity index (χ3v) is 6.34. The molecule has 0 radical (unpaired) electrons. The van der Waals surface area contributed by atoms with Crippen molar-refractivity contribution in [1.29, 1.82) is 0 Å². The first kappa shape index (κ1) is 9.04. The Labute approximate surface area is 93.0 Å². The van der Waals surface area contributed by atoms with Gasteiger partial charge in [-0.1, -0.05) is 6.92 Å². The molecule has 1 N–H and O–H groups in total. The van der Waals surface area contributed by atoms with Crippen LogP contribution in [-0.2, 0) is 0 Å². The first-order valence-corrected chi connectivity index (χ1v) is 6.97. The van der Waals surface area contributed by atoms with Crippen LogP contribution in [0.3, 0.4) is 0 Å². The predicted molar refractivity (Wildman–Crippen MR) is 61.6 cm³/mol. The predicted octanol–water partition coefficient (Wildman–Crippen LogP) is 2.95. The van der Waals surface area contributed by atoms with E-state index in [9.17, 15) is 0 Å². The molecule has 5 aliphatic rings. The van der Waals surface area contributed by atoms with Crippen LogP contribution in [0.2, 0.25) is 0 Å². The van der Waals surface area contributed by atoms with Crippen LogP contribution >= 0.6 is 0 Å². The van der Waals surface area contributed by atoms with Gasteiger partial charge in [0.2, 0.25) is 0 Å². The quantitative estimate of drug-likeness (QED) is 0.641. The van der Waals surface area contributed by atoms with E-state index in [-0.39, 0.29) is 0 Å². The number of hydrogen-bond acceptors (Lipinski definition) is 1. The van der Waals surface area contributed by atoms with Gasteiger partial charge < -0.3 is 5.32 Å². The molecule has 3 atom stereocenters. The van der Waals surface area contributed by atoms with Crippen molar-refractivity contribution >= 4 is 0 Å². The number of hydrogen-bond donors (Lipinski definition) is 1. The first-order valence-electron chi connectivity index (χ1n) is 6.97. The zero-order valence-electron chi connectivity index (χ0n) is 9.89. The summed E-state index contributed by atoms with van der Waals surface area (Å²) in [6.45, 7) is 3.90. The van der Waals surface area contributed by atoms with Gasteiger partial charge in [0, 0.05) is 5.54 Å². The zero-order chi connectivity index (χ0) is 10.1. The van der Waals surface area contributed by atoms with Crippen LogP contribution in [0.5, 0.6) is 0 Å². The van der Waals surface area contributed by atoms with Gasteiger partial charge in [-0.05, 0) is 74.7 Å². The Kier molecular flexibility index (Phi) is 1.57. The van der Waals surface area contributed by atoms with E-state index in [1.807, 2.05) is 0 Å². The Balaban J connectivity index is 1.80. The summed E-state index contributed by atoms with van der Waals surface area (Å²) in [6, 6.07) is 0. The minimum atomic E-state index is 0.584. The van der Waals surface area contributed by atoms with Crippen molar-refractivity contribution in [3.05, 3.63) is 0 Å². The standard InChI is InChI=1S/C14H23N/c1-13-8-10-5-11(9-13)7-12(6-10)14(13)3-2-4-15-14/h10-12,15H,2-9H2,1H3. The van der Waals surface area contributed by atoms with Crippen LogP contribution in [-0.4, -0.2) is 12.1 Å². The molecule has 84 valence electrons. The highest BCUT2D eigenvalue weighted by Crippen LogP contribution is 2.66. The smallest absolute Gasteiger partial charge is 0.0264 e. The van der Waals surface area contributed by atoms with Gasteiger partial charge >= 0.3 is 0 Å². The summed E-state index contributed by atoms with van der Waals surface area (Å²) in [6.07, 6.45) is 10.7. The molecule has 1 nitrogen and oxygen atoms in total. The van der Waals surface area contributed by atoms with E-state index in [2.05, 4.69) is 12.2 Å². The second-order valence-corrected chi connectivity index (χ2v) is 7.11. The molecular weight excluding hydrogens is 182 g/mol. The lowest BCUT2D eigenvalue weighted by Crippen LogP contribution is -2.67. The van der Waals surface area contributed by atoms with Crippen molar-refractivity contribution in [3.63, 3.8) is 0 Å². The molecule has 1 saturated heterocycles. The zero-order valence-corrected chi connectivity index (χ0v) is 9.89. The Morgan fingerprint density at radius 1 is 1.07 bits per heavy atom. The van der Waals surface area contributed by atoms with Crippen molar-refractivity contribution in [1.82, 2.24) is 5.32 Å². The van der Waals surface area contributed by atoms with E-state index in [1.54, 1.807) is 19.3 Å². The number of rotatable bonds is 0. The van der Waals surface area contributed by atoms with E-state index in [4.69, 9.17) is 0 Å². The highest BCUT2D eigenvalue weighted by Gasteiger charge is 2.63. The SMILES string of the molecule is CC12CC3CC(CC(C3)C13CCCN3)C2. The molecule has 0 aromatic carbocycles. The van der Waals surface area contributed by atoms with Crippen LogP contribution in [0.25, 0.3) is 0 Å². The maximum Gasteiger partial charge on any atom is 0.0264 e. The van der Waals surface area contributed by atoms with E-state index in [0.717, 1.165) is 17.8 Å². The summed E-state index contributed by atoms with van der Waals surface area (Å²) in [5, 5.41) is 3.96. The molecule has 4 aliphatic carbocycles. The lowest BCUT2D eigenvalue weighted by Gasteiger charge is -2.66. The molecule has 3 unspecified atom stereocenters. The van der Waals surface area contributed by atoms with Crippen LogP contribution in [0, 0.1) is 23.2 Å². The van der Waals surface area contributed by atoms with Crippen LogP contribution in [0.1, 0.15) is 51.9 Å². The Hall–Kier alpha value is -0.0400. The fourth-order valence-corrected chi connectivity index (χ4v) is 6.15. The van der Waals surface area contributed by atoms with Crippen LogP contribution in [0.4, 0.5) is 0 Å². The summed E-state index contributed by atoms with van der Waals surface area (Å²) in [4.78, 5) is 0. The Morgan fingerprint density at radius 3 is 2.33 bits per heavy atom. The van der Waals surface area contributed by atoms with E-state index >= 15 is 0 Å². The van der Waals surface area contributed by atoms with E-state index < -0.39 is 0 Å². The molecule has 5 rings (SSSR count). The molecule has 0 aromatic rings. The monoisotopic (exact) mass is 205 g/mol. The minimum Gasteiger partial charge on any atom is -0.310 e. The molecule has 1 aliphatic heterocycles. The third-order valence-electron chi connectivity index (χ3n) is 6.34. The van der Waals surface area contributed by atoms with Gasteiger partial charge in [0.15, 0.2) is 0 Å². The Bertz CT molecular complexity index is 276. The second-order valence-electron chi connectivity index (χ2n) is 7.11. The molecule has 0 amide bonds. The average molecular weight is 205 g/mol. The summed E-state index contributed by atoms with van der Waals surface area (Å²) in [7, 11) is 0. The Morgan fingerprint density at radius 2 is 1.80 bits per heavy atom. The largest absolute Gasteiger partial charge is 0.310 e. The van der Waals surface area contributed by atoms with Gasteiger partial charge in [-0.25, -0.2) is 0 Å². The van der Waals surface area contributed by atoms with Gasteiger partial charge in [0.05, 0.1) is 0 Å². The fraction of sp³-hybridized carbons (Fsp3) is 1.00. The normalized spacial score (nSPS) is 61.8. The first-order chi connectivity index (χ1) is 7.22. The van der Waals surface area contributed by atoms with Crippen molar-refractivity contribution in [2.75, 3.05) is 6.54 Å². The van der Waals surface area contributed by atoms with Gasteiger partial charge in [-0.2, -0.15) is 0 Å². The van der Waals surface area contributed by atoms with Crippen LogP contribution < -0.4 is 5.32 Å². The van der Waals surface area contributed by atoms with Gasteiger partial charge in [0.25, 0.3) is 0 Å². The molecule has 4 bridgehead atoms. The van der Waals surface area contributed by atoms with Crippen LogP contribution in [0.15, 0.2) is 0 Å². The highest BCUT2D eigenvalue weighted by molar-refractivity contribution is 5.18. The van der Waals surface area contributed by atoms with Crippen molar-refractivity contribution in [3.8, 4) is 0 Å². The molecular formula is C14H23N. The summed E-state index contributed by atoms with van der Waals surface area (Å²) >= 11 is 0. The lowest BCUT2D eigenvalue weighted by molar-refractivity contribution is -0.125. The highest BCUT2D eigenvalue weighted by atomic mass is 15.1. The molecule has 4 saturated carbocycles. The van der Waals surface area contributed by atoms with Crippen molar-refractivity contribution < 1.29 is 0 Å². The maximum absolute atomic E-state index is 3.96. The van der Waals surface area contributed by atoms with Crippen molar-refractivity contribution in [2.24, 2.45) is 23.2 Å². The average Bonchev–Trinajstić information content (AvgIpc) is 2.63. The van der Waals surface area contributed by atoms with E-state index in [0.29, 0.717) is 11.0 Å². The molecule has 0 aromatic heterocycles. The third kappa shape index (κ3) is 0.945. The summed E-state index contributed by atoms with van der Waals surface area (Å²) in [5.41, 5.74) is 1.25. The van der Waals surface area contributed by atoms with Crippen molar-refractivity contribution in [2.45, 2.75) is 57.4 Å². The molecule has 15 heavy (non-hydrogen) atoms. The van der Waals surface area contributed by atoms with Gasteiger partial charge in [0.1, 0.15) is 0 Å². The second kappa shape index (κ2) is 2.61. The number of nitrogens with one attached hydrogen (secondary N) is 1. The van der Waals surface area contributed by atoms with Gasteiger partial charge in [-0.3, -0.25) is 0 Å². The molecule has 1 spiro atoms. The summed E-state index contributed by atoms with van der Waals surface area (Å²) in [5.74, 6) is 3.23. The topological polar surface area (TPSA) is 12.0 Å². The van der Waals surface area contributed by atoms with Gasteiger partial charge in [-0.15, -0.1) is 0 Å².